The van der Waals surface area contributed by atoms with E-state index in [-0.39, 0.29) is 28.6 Å². The molecular formula is C87H49F6N7. The number of aromatic nitrogens is 6. The third-order valence-electron chi connectivity index (χ3n) is 20.5. The average Bonchev–Trinajstić information content (AvgIpc) is 1.28. The number of nitriles is 1. The van der Waals surface area contributed by atoms with Crippen molar-refractivity contribution >= 4 is 131 Å². The summed E-state index contributed by atoms with van der Waals surface area (Å²) in [4.78, 5) is 0. The molecule has 13 heteroatoms. The number of benzene rings is 14. The minimum atomic E-state index is -5.36. The second-order valence-electron chi connectivity index (χ2n) is 25.7. The third-order valence-corrected chi connectivity index (χ3v) is 20.5. The normalized spacial score (nSPS) is 12.5. The molecule has 0 bridgehead atoms. The standard InChI is InChI=1S/C87H49F6N7/c88-86(89,90)52-33-38-69(70(45-52)87(91,92)93)85-83(99-79-46-53(95-71-25-9-1-17-57(71)58-18-2-10-26-72(58)95)34-39-65(79)66-40-35-54(47-80(66)99)96-73-27-11-3-19-59(73)60-20-4-12-28-74(60)96)43-51(50-94)44-84(85)100-81-48-55(97-75-29-13-5-21-61(75)62-22-6-14-30-76(62)97)36-41-67(81)68-42-37-56(49-82(68)100)98-77-31-15-7-23-63(77)64-24-8-16-32-78(64)98/h1-49H. The Morgan fingerprint density at radius 1 is 0.240 bits per heavy atom. The Kier molecular flexibility index (Phi) is 12.0. The minimum Gasteiger partial charge on any atom is -0.309 e. The smallest absolute Gasteiger partial charge is 0.309 e. The van der Waals surface area contributed by atoms with Gasteiger partial charge in [-0.1, -0.05) is 176 Å². The highest BCUT2D eigenvalue weighted by molar-refractivity contribution is 6.17. The van der Waals surface area contributed by atoms with Crippen molar-refractivity contribution in [3.8, 4) is 51.3 Å². The van der Waals surface area contributed by atoms with Gasteiger partial charge in [0.25, 0.3) is 0 Å². The molecule has 0 unspecified atom stereocenters. The van der Waals surface area contributed by atoms with Crippen LogP contribution in [0.15, 0.2) is 297 Å². The van der Waals surface area contributed by atoms with Gasteiger partial charge in [0.05, 0.1) is 100 Å². The molecule has 0 N–H and O–H groups in total. The van der Waals surface area contributed by atoms with Crippen molar-refractivity contribution in [2.45, 2.75) is 12.4 Å². The van der Waals surface area contributed by atoms with E-state index in [0.29, 0.717) is 22.1 Å². The summed E-state index contributed by atoms with van der Waals surface area (Å²) in [6.45, 7) is 0. The number of rotatable bonds is 7. The van der Waals surface area contributed by atoms with Gasteiger partial charge in [-0.25, -0.2) is 0 Å². The maximum absolute atomic E-state index is 16.8. The fourth-order valence-electron chi connectivity index (χ4n) is 16.3. The number of alkyl halides is 6. The lowest BCUT2D eigenvalue weighted by molar-refractivity contribution is -0.142. The van der Waals surface area contributed by atoms with Crippen LogP contribution in [-0.2, 0) is 12.4 Å². The van der Waals surface area contributed by atoms with Crippen LogP contribution in [0.4, 0.5) is 26.3 Å². The molecule has 0 saturated carbocycles. The first-order valence-corrected chi connectivity index (χ1v) is 32.8. The van der Waals surface area contributed by atoms with Crippen molar-refractivity contribution < 1.29 is 26.3 Å². The minimum absolute atomic E-state index is 0.0771. The highest BCUT2D eigenvalue weighted by Gasteiger charge is 2.40. The molecule has 6 heterocycles. The van der Waals surface area contributed by atoms with Crippen molar-refractivity contribution in [2.75, 3.05) is 0 Å². The summed E-state index contributed by atoms with van der Waals surface area (Å²) in [7, 11) is 0. The van der Waals surface area contributed by atoms with E-state index in [1.165, 1.54) is 0 Å². The molecule has 0 saturated heterocycles. The van der Waals surface area contributed by atoms with Gasteiger partial charge in [0.2, 0.25) is 0 Å². The highest BCUT2D eigenvalue weighted by atomic mass is 19.4. The Labute approximate surface area is 564 Å². The van der Waals surface area contributed by atoms with E-state index in [1.807, 2.05) is 179 Å². The van der Waals surface area contributed by atoms with Crippen LogP contribution >= 0.6 is 0 Å². The predicted molar refractivity (Wildman–Crippen MR) is 393 cm³/mol. The molecule has 7 nitrogen and oxygen atoms in total. The second-order valence-corrected chi connectivity index (χ2v) is 25.7. The summed E-state index contributed by atoms with van der Waals surface area (Å²) in [5.74, 6) is 0. The molecule has 20 aromatic rings. The Hall–Kier alpha value is -13.1. The number of halogens is 6. The molecule has 0 fully saturated rings. The van der Waals surface area contributed by atoms with E-state index < -0.39 is 29.0 Å². The molecule has 6 aromatic heterocycles. The van der Waals surface area contributed by atoms with Crippen LogP contribution in [0.5, 0.6) is 0 Å². The zero-order valence-electron chi connectivity index (χ0n) is 52.7. The number of hydrogen-bond donors (Lipinski definition) is 0. The Morgan fingerprint density at radius 2 is 0.490 bits per heavy atom. The SMILES string of the molecule is N#Cc1cc(-n2c3cc(-n4c5ccccc5c5ccccc54)ccc3c3ccc(-n4c5ccccc5c5ccccc54)cc32)c(-c2ccc(C(F)(F)F)cc2C(F)(F)F)c(-n2c3cc(-n4c5ccccc5c5ccccc54)ccc3c3ccc(-n4c5ccccc5c5ccccc54)cc32)c1. The Morgan fingerprint density at radius 3 is 0.730 bits per heavy atom. The lowest BCUT2D eigenvalue weighted by Gasteiger charge is -2.24. The van der Waals surface area contributed by atoms with Gasteiger partial charge < -0.3 is 27.4 Å². The van der Waals surface area contributed by atoms with Crippen molar-refractivity contribution in [3.63, 3.8) is 0 Å². The molecule has 0 radical (unpaired) electrons. The number of fused-ring (bicyclic) bond motifs is 18. The fourth-order valence-corrected chi connectivity index (χ4v) is 16.3. The Bertz CT molecular complexity index is 6050. The van der Waals surface area contributed by atoms with Gasteiger partial charge in [0.1, 0.15) is 0 Å². The number of para-hydroxylation sites is 8. The summed E-state index contributed by atoms with van der Waals surface area (Å²) < 4.78 is 109. The van der Waals surface area contributed by atoms with E-state index in [0.717, 1.165) is 144 Å². The fraction of sp³-hybridized carbons (Fsp3) is 0.0230. The summed E-state index contributed by atoms with van der Waals surface area (Å²) in [6, 6.07) is 97.0. The zero-order chi connectivity index (χ0) is 67.0. The van der Waals surface area contributed by atoms with E-state index in [4.69, 9.17) is 0 Å². The third kappa shape index (κ3) is 8.22. The molecular weight excluding hydrogens is 1260 g/mol. The van der Waals surface area contributed by atoms with Crippen molar-refractivity contribution in [1.29, 1.82) is 5.26 Å². The summed E-state index contributed by atoms with van der Waals surface area (Å²) in [5, 5.41) is 22.8. The molecule has 0 aliphatic heterocycles. The van der Waals surface area contributed by atoms with Gasteiger partial charge >= 0.3 is 12.4 Å². The van der Waals surface area contributed by atoms with Crippen molar-refractivity contribution in [1.82, 2.24) is 27.4 Å². The van der Waals surface area contributed by atoms with Crippen molar-refractivity contribution in [3.05, 3.63) is 314 Å². The predicted octanol–water partition coefficient (Wildman–Crippen LogP) is 23.8. The molecule has 0 amide bonds. The second kappa shape index (κ2) is 21.0. The lowest BCUT2D eigenvalue weighted by atomic mass is 9.92. The number of hydrogen-bond acceptors (Lipinski definition) is 1. The van der Waals surface area contributed by atoms with Crippen LogP contribution in [0.25, 0.3) is 176 Å². The molecule has 20 rings (SSSR count). The zero-order valence-corrected chi connectivity index (χ0v) is 52.7. The first-order chi connectivity index (χ1) is 48.9. The van der Waals surface area contributed by atoms with Gasteiger partial charge in [-0.2, -0.15) is 31.6 Å². The first-order valence-electron chi connectivity index (χ1n) is 32.8. The van der Waals surface area contributed by atoms with Crippen LogP contribution < -0.4 is 0 Å². The monoisotopic (exact) mass is 1310 g/mol. The van der Waals surface area contributed by atoms with Gasteiger partial charge in [-0.3, -0.25) is 0 Å². The van der Waals surface area contributed by atoms with Gasteiger partial charge in [-0.05, 0) is 127 Å². The topological polar surface area (TPSA) is 53.4 Å². The quantitative estimate of drug-likeness (QED) is 0.147. The molecule has 0 spiro atoms. The molecule has 14 aromatic carbocycles. The lowest BCUT2D eigenvalue weighted by Crippen LogP contribution is -2.14. The summed E-state index contributed by atoms with van der Waals surface area (Å²) in [5.41, 5.74) is 9.22. The molecule has 0 atom stereocenters. The summed E-state index contributed by atoms with van der Waals surface area (Å²) in [6.07, 6.45) is -10.5. The van der Waals surface area contributed by atoms with E-state index in [2.05, 4.69) is 121 Å². The maximum Gasteiger partial charge on any atom is 0.417 e. The van der Waals surface area contributed by atoms with Crippen LogP contribution in [0, 0.1) is 11.3 Å². The van der Waals surface area contributed by atoms with Gasteiger partial charge in [-0.15, -0.1) is 0 Å². The van der Waals surface area contributed by atoms with Crippen LogP contribution in [0.1, 0.15) is 16.7 Å². The van der Waals surface area contributed by atoms with E-state index in [9.17, 15) is 5.26 Å². The van der Waals surface area contributed by atoms with Crippen LogP contribution in [0.2, 0.25) is 0 Å². The van der Waals surface area contributed by atoms with E-state index >= 15 is 26.3 Å². The van der Waals surface area contributed by atoms with Gasteiger partial charge in [0.15, 0.2) is 0 Å². The molecule has 474 valence electrons. The van der Waals surface area contributed by atoms with Crippen molar-refractivity contribution in [2.24, 2.45) is 0 Å². The largest absolute Gasteiger partial charge is 0.417 e. The molecule has 0 aliphatic carbocycles. The summed E-state index contributed by atoms with van der Waals surface area (Å²) >= 11 is 0. The Balaban J connectivity index is 0.976. The van der Waals surface area contributed by atoms with Crippen LogP contribution in [0.3, 0.4) is 0 Å². The number of nitrogens with zero attached hydrogens (tertiary/aromatic N) is 7. The molecule has 100 heavy (non-hydrogen) atoms. The van der Waals surface area contributed by atoms with E-state index in [1.54, 1.807) is 12.1 Å². The van der Waals surface area contributed by atoms with Gasteiger partial charge in [0, 0.05) is 92.9 Å². The molecule has 0 aliphatic rings. The maximum atomic E-state index is 16.8. The highest BCUT2D eigenvalue weighted by Crippen LogP contribution is 2.50. The first kappa shape index (κ1) is 57.2. The average molecular weight is 1310 g/mol. The van der Waals surface area contributed by atoms with Crippen LogP contribution in [-0.4, -0.2) is 27.4 Å².